The lowest BCUT2D eigenvalue weighted by molar-refractivity contribution is 0.192. The van der Waals surface area contributed by atoms with Gasteiger partial charge in [-0.3, -0.25) is 4.99 Å². The van der Waals surface area contributed by atoms with Crippen LogP contribution in [0.15, 0.2) is 17.6 Å². The van der Waals surface area contributed by atoms with E-state index in [1.54, 1.807) is 7.05 Å². The summed E-state index contributed by atoms with van der Waals surface area (Å²) >= 11 is 0. The number of aromatic nitrogens is 4. The largest absolute Gasteiger partial charge is 0.425 e. The van der Waals surface area contributed by atoms with E-state index < -0.39 is 0 Å². The second kappa shape index (κ2) is 2.33. The van der Waals surface area contributed by atoms with Gasteiger partial charge in [0.2, 0.25) is 0 Å². The molecule has 2 heterocycles. The Hall–Kier alpha value is -1.85. The van der Waals surface area contributed by atoms with Crippen molar-refractivity contribution in [2.24, 2.45) is 4.99 Å². The molecular weight excluding hydrogens is 158 g/mol. The molecule has 2 N–H and O–H groups in total. The minimum absolute atomic E-state index is 0.422. The Kier molecular flexibility index (Phi) is 1.33. The van der Waals surface area contributed by atoms with E-state index in [1.165, 1.54) is 12.7 Å². The van der Waals surface area contributed by atoms with Crippen molar-refractivity contribution in [2.75, 3.05) is 7.05 Å². The fourth-order valence-electron chi connectivity index (χ4n) is 1.02. The maximum Gasteiger partial charge on any atom is 0.198 e. The van der Waals surface area contributed by atoms with Crippen LogP contribution in [0.25, 0.3) is 11.2 Å². The first-order valence-electron chi connectivity index (χ1n) is 3.35. The molecule has 0 spiro atoms. The highest BCUT2D eigenvalue weighted by Crippen LogP contribution is 1.98. The highest BCUT2D eigenvalue weighted by molar-refractivity contribution is 5.67. The second-order valence-corrected chi connectivity index (χ2v) is 2.24. The van der Waals surface area contributed by atoms with Crippen LogP contribution in [-0.4, -0.2) is 31.9 Å². The first-order chi connectivity index (χ1) is 5.83. The SMILES string of the molecule is CN=c1ncn(O)c2nc[nH]c12. The Labute approximate surface area is 67.2 Å². The molecule has 2 rings (SSSR count). The molecule has 0 aliphatic carbocycles. The number of hydrogen-bond donors (Lipinski definition) is 2. The maximum atomic E-state index is 9.21. The third-order valence-electron chi connectivity index (χ3n) is 1.56. The first kappa shape index (κ1) is 6.84. The number of fused-ring (bicyclic) bond motifs is 1. The number of imidazole rings is 1. The van der Waals surface area contributed by atoms with Crippen LogP contribution in [0.1, 0.15) is 0 Å². The summed E-state index contributed by atoms with van der Waals surface area (Å²) in [4.78, 5) is 14.5. The van der Waals surface area contributed by atoms with Gasteiger partial charge in [0, 0.05) is 7.05 Å². The van der Waals surface area contributed by atoms with Crippen molar-refractivity contribution in [3.05, 3.63) is 18.1 Å². The molecule has 62 valence electrons. The molecule has 0 saturated heterocycles. The van der Waals surface area contributed by atoms with E-state index in [1.807, 2.05) is 0 Å². The zero-order valence-electron chi connectivity index (χ0n) is 6.39. The summed E-state index contributed by atoms with van der Waals surface area (Å²) < 4.78 is 0.848. The normalized spacial score (nSPS) is 12.6. The minimum atomic E-state index is 0.422. The summed E-state index contributed by atoms with van der Waals surface area (Å²) in [5.74, 6) is 0. The van der Waals surface area contributed by atoms with Crippen LogP contribution >= 0.6 is 0 Å². The molecule has 0 bridgehead atoms. The number of nitrogens with one attached hydrogen (secondary N) is 1. The zero-order valence-corrected chi connectivity index (χ0v) is 6.39. The third-order valence-corrected chi connectivity index (χ3v) is 1.56. The lowest BCUT2D eigenvalue weighted by Gasteiger charge is -1.95. The number of hydrogen-bond acceptors (Lipinski definition) is 4. The molecule has 2 aromatic heterocycles. The molecule has 2 aromatic rings. The number of rotatable bonds is 0. The van der Waals surface area contributed by atoms with Gasteiger partial charge >= 0.3 is 0 Å². The Bertz CT molecular complexity index is 468. The summed E-state index contributed by atoms with van der Waals surface area (Å²) in [6.45, 7) is 0. The number of aromatic amines is 1. The Morgan fingerprint density at radius 1 is 1.58 bits per heavy atom. The van der Waals surface area contributed by atoms with Gasteiger partial charge in [0.1, 0.15) is 11.8 Å². The number of nitrogens with zero attached hydrogens (tertiary/aromatic N) is 4. The van der Waals surface area contributed by atoms with E-state index >= 15 is 0 Å². The lowest BCUT2D eigenvalue weighted by Crippen LogP contribution is -2.12. The van der Waals surface area contributed by atoms with Gasteiger partial charge in [-0.25, -0.2) is 9.97 Å². The predicted molar refractivity (Wildman–Crippen MR) is 40.6 cm³/mol. The highest BCUT2D eigenvalue weighted by atomic mass is 16.5. The molecule has 0 saturated carbocycles. The average molecular weight is 165 g/mol. The third kappa shape index (κ3) is 0.777. The van der Waals surface area contributed by atoms with Crippen LogP contribution in [0.2, 0.25) is 0 Å². The van der Waals surface area contributed by atoms with Gasteiger partial charge in [-0.2, -0.15) is 4.73 Å². The van der Waals surface area contributed by atoms with Gasteiger partial charge in [0.25, 0.3) is 0 Å². The Morgan fingerprint density at radius 3 is 3.17 bits per heavy atom. The minimum Gasteiger partial charge on any atom is -0.425 e. The highest BCUT2D eigenvalue weighted by Gasteiger charge is 2.01. The van der Waals surface area contributed by atoms with Gasteiger partial charge in [-0.15, -0.1) is 0 Å². The summed E-state index contributed by atoms with van der Waals surface area (Å²) in [6.07, 6.45) is 2.74. The van der Waals surface area contributed by atoms with Crippen molar-refractivity contribution in [1.29, 1.82) is 0 Å². The molecule has 0 aliphatic heterocycles. The van der Waals surface area contributed by atoms with E-state index in [-0.39, 0.29) is 0 Å². The van der Waals surface area contributed by atoms with E-state index in [0.29, 0.717) is 16.7 Å². The van der Waals surface area contributed by atoms with Crippen molar-refractivity contribution in [3.8, 4) is 0 Å². The van der Waals surface area contributed by atoms with E-state index in [9.17, 15) is 5.21 Å². The topological polar surface area (TPSA) is 79.1 Å². The Balaban J connectivity index is 3.02. The molecule has 0 atom stereocenters. The summed E-state index contributed by atoms with van der Waals surface area (Å²) in [5, 5.41) is 9.21. The van der Waals surface area contributed by atoms with Gasteiger partial charge < -0.3 is 10.2 Å². The first-order valence-corrected chi connectivity index (χ1v) is 3.35. The van der Waals surface area contributed by atoms with Gasteiger partial charge in [-0.1, -0.05) is 0 Å². The van der Waals surface area contributed by atoms with Crippen LogP contribution in [-0.2, 0) is 0 Å². The van der Waals surface area contributed by atoms with Crippen LogP contribution in [0.3, 0.4) is 0 Å². The zero-order chi connectivity index (χ0) is 8.55. The van der Waals surface area contributed by atoms with Crippen LogP contribution in [0.4, 0.5) is 0 Å². The standard InChI is InChI=1S/C6H7N5O/c1-7-5-4-6(9-2-8-4)11(12)3-10-5/h2-3,12H,1H3,(H,8,9). The predicted octanol–water partition coefficient (Wildman–Crippen LogP) is -0.473. The van der Waals surface area contributed by atoms with Crippen LogP contribution in [0, 0.1) is 0 Å². The van der Waals surface area contributed by atoms with Crippen LogP contribution < -0.4 is 5.49 Å². The molecule has 0 aliphatic rings. The number of H-pyrrole nitrogens is 1. The van der Waals surface area contributed by atoms with E-state index in [2.05, 4.69) is 19.9 Å². The quantitative estimate of drug-likeness (QED) is 0.518. The van der Waals surface area contributed by atoms with E-state index in [0.717, 1.165) is 4.73 Å². The fourth-order valence-corrected chi connectivity index (χ4v) is 1.02. The summed E-state index contributed by atoms with van der Waals surface area (Å²) in [7, 11) is 1.63. The van der Waals surface area contributed by atoms with Crippen molar-refractivity contribution in [3.63, 3.8) is 0 Å². The summed E-state index contributed by atoms with van der Waals surface area (Å²) in [5.41, 5.74) is 1.58. The second-order valence-electron chi connectivity index (χ2n) is 2.24. The van der Waals surface area contributed by atoms with Gasteiger partial charge in [-0.05, 0) is 0 Å². The maximum absolute atomic E-state index is 9.21. The summed E-state index contributed by atoms with van der Waals surface area (Å²) in [6, 6.07) is 0. The van der Waals surface area contributed by atoms with Crippen LogP contribution in [0.5, 0.6) is 0 Å². The molecule has 0 amide bonds. The van der Waals surface area contributed by atoms with Crippen molar-refractivity contribution in [1.82, 2.24) is 19.7 Å². The fraction of sp³-hybridized carbons (Fsp3) is 0.167. The monoisotopic (exact) mass is 165 g/mol. The average Bonchev–Trinajstić information content (AvgIpc) is 2.54. The van der Waals surface area contributed by atoms with Crippen molar-refractivity contribution in [2.45, 2.75) is 0 Å². The van der Waals surface area contributed by atoms with Crippen molar-refractivity contribution >= 4 is 11.2 Å². The Morgan fingerprint density at radius 2 is 2.42 bits per heavy atom. The molecule has 6 nitrogen and oxygen atoms in total. The molecule has 6 heteroatoms. The molecule has 12 heavy (non-hydrogen) atoms. The molecule has 0 unspecified atom stereocenters. The molecule has 0 aromatic carbocycles. The smallest absolute Gasteiger partial charge is 0.198 e. The van der Waals surface area contributed by atoms with Gasteiger partial charge in [0.05, 0.1) is 6.33 Å². The molecule has 0 fully saturated rings. The molecule has 0 radical (unpaired) electrons. The van der Waals surface area contributed by atoms with Gasteiger partial charge in [0.15, 0.2) is 11.1 Å². The van der Waals surface area contributed by atoms with Crippen molar-refractivity contribution < 1.29 is 5.21 Å². The molecular formula is C6H7N5O. The lowest BCUT2D eigenvalue weighted by atomic mass is 10.5. The van der Waals surface area contributed by atoms with E-state index in [4.69, 9.17) is 0 Å².